The highest BCUT2D eigenvalue weighted by molar-refractivity contribution is 9.10. The topological polar surface area (TPSA) is 33.1 Å². The average molecular weight is 554 g/mol. The summed E-state index contributed by atoms with van der Waals surface area (Å²) in [6.07, 6.45) is 1.85. The van der Waals surface area contributed by atoms with Gasteiger partial charge < -0.3 is 14.8 Å². The van der Waals surface area contributed by atoms with Crippen LogP contribution in [0.4, 0.5) is 5.69 Å². The second-order valence-electron chi connectivity index (χ2n) is 9.13. The standard InChI is InChI=1S/C30H25BrN4S/c1-19-18-25(20(2)34(19)27-12-7-9-21-8-3-4-10-24(21)27)29-28(26-11-5-6-17-32-26)33-30(36)35(29)23-15-13-22(31)14-16-23/h3-18,28-29H,1-2H3,(H,33,36)/t28-,29-/m1/s1. The highest BCUT2D eigenvalue weighted by atomic mass is 79.9. The van der Waals surface area contributed by atoms with Gasteiger partial charge in [0.2, 0.25) is 0 Å². The van der Waals surface area contributed by atoms with Crippen LogP contribution in [-0.2, 0) is 0 Å². The van der Waals surface area contributed by atoms with E-state index in [0.29, 0.717) is 5.11 Å². The van der Waals surface area contributed by atoms with Crippen molar-refractivity contribution in [2.75, 3.05) is 4.90 Å². The third kappa shape index (κ3) is 3.81. The number of nitrogens with zero attached hydrogens (tertiary/aromatic N) is 3. The molecule has 2 atom stereocenters. The first-order valence-electron chi connectivity index (χ1n) is 12.0. The van der Waals surface area contributed by atoms with Crippen molar-refractivity contribution in [3.8, 4) is 5.69 Å². The number of fused-ring (bicyclic) bond motifs is 1. The Kier molecular flexibility index (Phi) is 5.86. The molecule has 0 saturated carbocycles. The maximum atomic E-state index is 5.92. The number of aryl methyl sites for hydroxylation is 1. The summed E-state index contributed by atoms with van der Waals surface area (Å²) in [4.78, 5) is 6.94. The van der Waals surface area contributed by atoms with Crippen LogP contribution in [0.2, 0.25) is 0 Å². The van der Waals surface area contributed by atoms with Crippen LogP contribution < -0.4 is 10.2 Å². The van der Waals surface area contributed by atoms with Crippen molar-refractivity contribution >= 4 is 49.7 Å². The first-order valence-corrected chi connectivity index (χ1v) is 13.2. The first-order chi connectivity index (χ1) is 17.5. The Morgan fingerprint density at radius 2 is 1.64 bits per heavy atom. The SMILES string of the molecule is Cc1cc([C@@H]2[C@@H](c3ccccn3)NC(=S)N2c2ccc(Br)cc2)c(C)n1-c1cccc2ccccc12. The van der Waals surface area contributed by atoms with Crippen molar-refractivity contribution in [1.82, 2.24) is 14.9 Å². The first kappa shape index (κ1) is 23.0. The fraction of sp³-hybridized carbons (Fsp3) is 0.133. The van der Waals surface area contributed by atoms with E-state index in [4.69, 9.17) is 17.2 Å². The summed E-state index contributed by atoms with van der Waals surface area (Å²) in [7, 11) is 0. The van der Waals surface area contributed by atoms with Gasteiger partial charge in [-0.1, -0.05) is 58.4 Å². The average Bonchev–Trinajstić information content (AvgIpc) is 3.39. The predicted octanol–water partition coefficient (Wildman–Crippen LogP) is 7.58. The summed E-state index contributed by atoms with van der Waals surface area (Å²) in [6, 6.07) is 31.6. The van der Waals surface area contributed by atoms with E-state index >= 15 is 0 Å². The van der Waals surface area contributed by atoms with Gasteiger partial charge in [0, 0.05) is 33.1 Å². The smallest absolute Gasteiger partial charge is 0.174 e. The van der Waals surface area contributed by atoms with Crippen LogP contribution in [0, 0.1) is 13.8 Å². The van der Waals surface area contributed by atoms with Crippen LogP contribution in [0.3, 0.4) is 0 Å². The molecule has 0 amide bonds. The van der Waals surface area contributed by atoms with Gasteiger partial charge in [0.15, 0.2) is 5.11 Å². The Balaban J connectivity index is 1.55. The summed E-state index contributed by atoms with van der Waals surface area (Å²) < 4.78 is 3.41. The van der Waals surface area contributed by atoms with Crippen LogP contribution in [0.15, 0.2) is 102 Å². The zero-order chi connectivity index (χ0) is 24.8. The molecule has 36 heavy (non-hydrogen) atoms. The van der Waals surface area contributed by atoms with Crippen molar-refractivity contribution < 1.29 is 0 Å². The summed E-state index contributed by atoms with van der Waals surface area (Å²) in [5.74, 6) is 0. The van der Waals surface area contributed by atoms with E-state index in [9.17, 15) is 0 Å². The molecular formula is C30H25BrN4S. The van der Waals surface area contributed by atoms with Gasteiger partial charge in [0.05, 0.1) is 23.5 Å². The minimum Gasteiger partial charge on any atom is -0.351 e. The molecule has 1 fully saturated rings. The minimum absolute atomic E-state index is 0.0523. The highest BCUT2D eigenvalue weighted by Crippen LogP contribution is 2.44. The Morgan fingerprint density at radius 3 is 2.42 bits per heavy atom. The number of hydrogen-bond donors (Lipinski definition) is 1. The Bertz CT molecular complexity index is 1570. The van der Waals surface area contributed by atoms with Crippen molar-refractivity contribution in [2.24, 2.45) is 0 Å². The van der Waals surface area contributed by atoms with Crippen LogP contribution in [-0.4, -0.2) is 14.7 Å². The molecule has 5 aromatic rings. The summed E-state index contributed by atoms with van der Waals surface area (Å²) >= 11 is 9.49. The third-order valence-corrected chi connectivity index (χ3v) is 7.84. The van der Waals surface area contributed by atoms with Gasteiger partial charge in [0.1, 0.15) is 0 Å². The molecule has 1 saturated heterocycles. The molecule has 1 N–H and O–H groups in total. The van der Waals surface area contributed by atoms with Gasteiger partial charge in [-0.25, -0.2) is 0 Å². The van der Waals surface area contributed by atoms with Crippen molar-refractivity contribution in [3.05, 3.63) is 124 Å². The van der Waals surface area contributed by atoms with Gasteiger partial charge in [-0.3, -0.25) is 4.98 Å². The zero-order valence-corrected chi connectivity index (χ0v) is 22.4. The van der Waals surface area contributed by atoms with Crippen molar-refractivity contribution in [2.45, 2.75) is 25.9 Å². The molecule has 1 aliphatic rings. The van der Waals surface area contributed by atoms with Gasteiger partial charge in [-0.2, -0.15) is 0 Å². The minimum atomic E-state index is -0.0798. The molecule has 178 valence electrons. The quantitative estimate of drug-likeness (QED) is 0.233. The molecule has 1 aliphatic heterocycles. The highest BCUT2D eigenvalue weighted by Gasteiger charge is 2.42. The van der Waals surface area contributed by atoms with E-state index in [0.717, 1.165) is 15.9 Å². The Morgan fingerprint density at radius 1 is 0.889 bits per heavy atom. The molecule has 4 nitrogen and oxygen atoms in total. The number of pyridine rings is 1. The van der Waals surface area contributed by atoms with Gasteiger partial charge in [0.25, 0.3) is 0 Å². The number of aromatic nitrogens is 2. The number of anilines is 1. The lowest BCUT2D eigenvalue weighted by atomic mass is 9.96. The molecule has 0 bridgehead atoms. The number of nitrogens with one attached hydrogen (secondary N) is 1. The lowest BCUT2D eigenvalue weighted by Crippen LogP contribution is -2.29. The molecule has 2 aromatic heterocycles. The maximum absolute atomic E-state index is 5.92. The molecule has 0 aliphatic carbocycles. The lowest BCUT2D eigenvalue weighted by molar-refractivity contribution is 0.565. The Hall–Kier alpha value is -3.48. The van der Waals surface area contributed by atoms with E-state index < -0.39 is 0 Å². The van der Waals surface area contributed by atoms with E-state index in [1.165, 1.54) is 33.4 Å². The maximum Gasteiger partial charge on any atom is 0.174 e. The molecule has 0 unspecified atom stereocenters. The zero-order valence-electron chi connectivity index (χ0n) is 20.0. The van der Waals surface area contributed by atoms with Crippen molar-refractivity contribution in [1.29, 1.82) is 0 Å². The summed E-state index contributed by atoms with van der Waals surface area (Å²) in [6.45, 7) is 4.39. The molecule has 0 spiro atoms. The van der Waals surface area contributed by atoms with E-state index in [-0.39, 0.29) is 12.1 Å². The Labute approximate surface area is 224 Å². The fourth-order valence-corrected chi connectivity index (χ4v) is 6.02. The summed E-state index contributed by atoms with van der Waals surface area (Å²) in [5.41, 5.74) is 6.82. The molecular weight excluding hydrogens is 528 g/mol. The predicted molar refractivity (Wildman–Crippen MR) is 155 cm³/mol. The van der Waals surface area contributed by atoms with E-state index in [1.54, 1.807) is 0 Å². The van der Waals surface area contributed by atoms with E-state index in [2.05, 4.69) is 123 Å². The second-order valence-corrected chi connectivity index (χ2v) is 10.4. The lowest BCUT2D eigenvalue weighted by Gasteiger charge is -2.28. The monoisotopic (exact) mass is 552 g/mol. The van der Waals surface area contributed by atoms with Crippen molar-refractivity contribution in [3.63, 3.8) is 0 Å². The number of thiocarbonyl (C=S) groups is 1. The number of hydrogen-bond acceptors (Lipinski definition) is 2. The fourth-order valence-electron chi connectivity index (χ4n) is 5.41. The van der Waals surface area contributed by atoms with Crippen LogP contribution >= 0.6 is 28.1 Å². The van der Waals surface area contributed by atoms with Gasteiger partial charge in [-0.05, 0) is 85.5 Å². The second kappa shape index (κ2) is 9.19. The third-order valence-electron chi connectivity index (χ3n) is 7.00. The van der Waals surface area contributed by atoms with Gasteiger partial charge >= 0.3 is 0 Å². The molecule has 3 heterocycles. The largest absolute Gasteiger partial charge is 0.351 e. The normalized spacial score (nSPS) is 17.5. The number of benzene rings is 3. The number of rotatable bonds is 4. The molecule has 0 radical (unpaired) electrons. The van der Waals surface area contributed by atoms with Gasteiger partial charge in [-0.15, -0.1) is 0 Å². The van der Waals surface area contributed by atoms with Crippen LogP contribution in [0.5, 0.6) is 0 Å². The molecule has 6 rings (SSSR count). The van der Waals surface area contributed by atoms with Crippen LogP contribution in [0.25, 0.3) is 16.5 Å². The number of halogens is 1. The molecule has 3 aromatic carbocycles. The van der Waals surface area contributed by atoms with Crippen LogP contribution in [0.1, 0.15) is 34.7 Å². The summed E-state index contributed by atoms with van der Waals surface area (Å²) in [5, 5.41) is 6.75. The molecule has 6 heteroatoms. The van der Waals surface area contributed by atoms with E-state index in [1.807, 2.05) is 18.3 Å².